The number of unbranched alkanes of at least 4 members (excludes halogenated alkanes) is 1. The summed E-state index contributed by atoms with van der Waals surface area (Å²) in [5, 5.41) is 6.16. The van der Waals surface area contributed by atoms with E-state index in [0.717, 1.165) is 13.0 Å². The predicted octanol–water partition coefficient (Wildman–Crippen LogP) is 4.64. The second-order valence-electron chi connectivity index (χ2n) is 6.12. The smallest absolute Gasteiger partial charge is 0.0465 e. The Morgan fingerprint density at radius 3 is 2.62 bits per heavy atom. The van der Waals surface area contributed by atoms with Crippen molar-refractivity contribution in [3.8, 4) is 0 Å². The number of para-hydroxylation sites is 1. The number of hydrogen-bond acceptors (Lipinski definition) is 1. The van der Waals surface area contributed by atoms with Crippen molar-refractivity contribution in [3.63, 3.8) is 0 Å². The Morgan fingerprint density at radius 1 is 0.952 bits per heavy atom. The summed E-state index contributed by atoms with van der Waals surface area (Å²) >= 11 is 0. The number of fused-ring (bicyclic) bond motifs is 3. The maximum atomic E-state index is 3.48. The van der Waals surface area contributed by atoms with Gasteiger partial charge in [0.25, 0.3) is 0 Å². The number of aryl methyl sites for hydroxylation is 1. The molecule has 1 aromatic heterocycles. The van der Waals surface area contributed by atoms with Gasteiger partial charge in [-0.1, -0.05) is 38.1 Å². The van der Waals surface area contributed by atoms with Gasteiger partial charge in [0.05, 0.1) is 0 Å². The zero-order chi connectivity index (χ0) is 14.7. The van der Waals surface area contributed by atoms with E-state index >= 15 is 0 Å². The number of nitrogens with one attached hydrogen (secondary N) is 2. The van der Waals surface area contributed by atoms with Crippen LogP contribution in [-0.2, 0) is 6.42 Å². The predicted molar refractivity (Wildman–Crippen MR) is 91.9 cm³/mol. The summed E-state index contributed by atoms with van der Waals surface area (Å²) in [6, 6.07) is 16.0. The average Bonchev–Trinajstić information content (AvgIpc) is 2.84. The summed E-state index contributed by atoms with van der Waals surface area (Å²) in [7, 11) is 0. The van der Waals surface area contributed by atoms with E-state index in [-0.39, 0.29) is 0 Å². The number of aromatic nitrogens is 1. The first-order valence-corrected chi connectivity index (χ1v) is 7.97. The molecule has 110 valence electrons. The molecule has 0 spiro atoms. The van der Waals surface area contributed by atoms with Crippen LogP contribution in [0.4, 0.5) is 0 Å². The molecule has 3 aromatic rings. The highest BCUT2D eigenvalue weighted by atomic mass is 14.9. The third-order valence-corrected chi connectivity index (χ3v) is 4.02. The van der Waals surface area contributed by atoms with Crippen molar-refractivity contribution in [2.45, 2.75) is 39.2 Å². The first kappa shape index (κ1) is 14.2. The molecule has 3 rings (SSSR count). The highest BCUT2D eigenvalue weighted by Gasteiger charge is 2.04. The van der Waals surface area contributed by atoms with Crippen LogP contribution in [0.3, 0.4) is 0 Å². The van der Waals surface area contributed by atoms with E-state index in [4.69, 9.17) is 0 Å². The van der Waals surface area contributed by atoms with Crippen LogP contribution in [0.15, 0.2) is 42.5 Å². The minimum absolute atomic E-state index is 0.590. The highest BCUT2D eigenvalue weighted by Crippen LogP contribution is 2.26. The lowest BCUT2D eigenvalue weighted by Crippen LogP contribution is -2.23. The van der Waals surface area contributed by atoms with Crippen molar-refractivity contribution in [2.24, 2.45) is 0 Å². The van der Waals surface area contributed by atoms with Gasteiger partial charge >= 0.3 is 0 Å². The van der Waals surface area contributed by atoms with Crippen molar-refractivity contribution in [1.29, 1.82) is 0 Å². The highest BCUT2D eigenvalue weighted by molar-refractivity contribution is 6.07. The third-order valence-electron chi connectivity index (χ3n) is 4.02. The summed E-state index contributed by atoms with van der Waals surface area (Å²) < 4.78 is 0. The monoisotopic (exact) mass is 280 g/mol. The van der Waals surface area contributed by atoms with E-state index in [1.54, 1.807) is 0 Å². The van der Waals surface area contributed by atoms with Gasteiger partial charge in [0.2, 0.25) is 0 Å². The molecule has 2 N–H and O–H groups in total. The van der Waals surface area contributed by atoms with Gasteiger partial charge in [-0.2, -0.15) is 0 Å². The molecule has 0 aliphatic carbocycles. The van der Waals surface area contributed by atoms with Gasteiger partial charge < -0.3 is 10.3 Å². The normalized spacial score (nSPS) is 11.8. The Kier molecular flexibility index (Phi) is 4.26. The van der Waals surface area contributed by atoms with E-state index in [0.29, 0.717) is 6.04 Å². The minimum Gasteiger partial charge on any atom is -0.355 e. The summed E-state index contributed by atoms with van der Waals surface area (Å²) in [5.41, 5.74) is 3.91. The molecule has 21 heavy (non-hydrogen) atoms. The summed E-state index contributed by atoms with van der Waals surface area (Å²) in [4.78, 5) is 3.48. The van der Waals surface area contributed by atoms with Crippen LogP contribution in [0.5, 0.6) is 0 Å². The molecule has 0 fully saturated rings. The Balaban J connectivity index is 1.70. The molecule has 2 aromatic carbocycles. The Bertz CT molecular complexity index is 725. The van der Waals surface area contributed by atoms with Gasteiger partial charge in [-0.05, 0) is 49.6 Å². The van der Waals surface area contributed by atoms with Crippen molar-refractivity contribution in [2.75, 3.05) is 6.54 Å². The molecule has 0 atom stereocenters. The third kappa shape index (κ3) is 3.27. The molecule has 0 bridgehead atoms. The molecule has 2 nitrogen and oxygen atoms in total. The molecular formula is C19H24N2. The van der Waals surface area contributed by atoms with E-state index in [1.165, 1.54) is 40.2 Å². The van der Waals surface area contributed by atoms with Crippen LogP contribution in [0.1, 0.15) is 32.3 Å². The number of H-pyrrole nitrogens is 1. The van der Waals surface area contributed by atoms with Crippen molar-refractivity contribution in [3.05, 3.63) is 48.0 Å². The molecule has 0 radical (unpaired) electrons. The standard InChI is InChI=1S/C19H24N2/c1-14(2)20-12-6-5-7-15-10-11-19-17(13-15)16-8-3-4-9-18(16)21-19/h3-4,8-11,13-14,20-21H,5-7,12H2,1-2H3. The lowest BCUT2D eigenvalue weighted by Gasteiger charge is -2.07. The van der Waals surface area contributed by atoms with E-state index in [2.05, 4.69) is 66.6 Å². The van der Waals surface area contributed by atoms with Crippen LogP contribution < -0.4 is 5.32 Å². The number of rotatable bonds is 6. The molecule has 0 aliphatic heterocycles. The second-order valence-corrected chi connectivity index (χ2v) is 6.12. The topological polar surface area (TPSA) is 27.8 Å². The SMILES string of the molecule is CC(C)NCCCCc1ccc2[nH]c3ccccc3c2c1. The zero-order valence-corrected chi connectivity index (χ0v) is 12.9. The minimum atomic E-state index is 0.590. The van der Waals surface area contributed by atoms with Crippen LogP contribution in [-0.4, -0.2) is 17.6 Å². The van der Waals surface area contributed by atoms with E-state index in [1.807, 2.05) is 0 Å². The summed E-state index contributed by atoms with van der Waals surface area (Å²) in [6.07, 6.45) is 3.65. The van der Waals surface area contributed by atoms with E-state index < -0.39 is 0 Å². The Morgan fingerprint density at radius 2 is 1.76 bits per heavy atom. The lowest BCUT2D eigenvalue weighted by molar-refractivity contribution is 0.557. The number of aromatic amines is 1. The Labute approximate surface area is 126 Å². The Hall–Kier alpha value is -1.80. The van der Waals surface area contributed by atoms with Crippen LogP contribution >= 0.6 is 0 Å². The van der Waals surface area contributed by atoms with Crippen LogP contribution in [0, 0.1) is 0 Å². The van der Waals surface area contributed by atoms with Gasteiger partial charge in [0.1, 0.15) is 0 Å². The molecule has 0 unspecified atom stereocenters. The van der Waals surface area contributed by atoms with Crippen molar-refractivity contribution < 1.29 is 0 Å². The van der Waals surface area contributed by atoms with Crippen LogP contribution in [0.25, 0.3) is 21.8 Å². The molecule has 0 amide bonds. The van der Waals surface area contributed by atoms with E-state index in [9.17, 15) is 0 Å². The molecule has 0 saturated heterocycles. The fourth-order valence-corrected chi connectivity index (χ4v) is 2.90. The first-order valence-electron chi connectivity index (χ1n) is 7.97. The van der Waals surface area contributed by atoms with Gasteiger partial charge in [0, 0.05) is 27.8 Å². The molecule has 0 aliphatic rings. The quantitative estimate of drug-likeness (QED) is 0.632. The van der Waals surface area contributed by atoms with Gasteiger partial charge in [0.15, 0.2) is 0 Å². The maximum Gasteiger partial charge on any atom is 0.0465 e. The first-order chi connectivity index (χ1) is 10.2. The zero-order valence-electron chi connectivity index (χ0n) is 12.9. The van der Waals surface area contributed by atoms with Gasteiger partial charge in [-0.15, -0.1) is 0 Å². The largest absolute Gasteiger partial charge is 0.355 e. The lowest BCUT2D eigenvalue weighted by atomic mass is 10.0. The molecular weight excluding hydrogens is 256 g/mol. The van der Waals surface area contributed by atoms with Crippen LogP contribution in [0.2, 0.25) is 0 Å². The van der Waals surface area contributed by atoms with Gasteiger partial charge in [-0.3, -0.25) is 0 Å². The fraction of sp³-hybridized carbons (Fsp3) is 0.368. The molecule has 1 heterocycles. The average molecular weight is 280 g/mol. The fourth-order valence-electron chi connectivity index (χ4n) is 2.90. The summed E-state index contributed by atoms with van der Waals surface area (Å²) in [6.45, 7) is 5.52. The molecule has 2 heteroatoms. The molecule has 0 saturated carbocycles. The van der Waals surface area contributed by atoms with Crippen molar-refractivity contribution >= 4 is 21.8 Å². The van der Waals surface area contributed by atoms with Crippen molar-refractivity contribution in [1.82, 2.24) is 10.3 Å². The summed E-state index contributed by atoms with van der Waals surface area (Å²) in [5.74, 6) is 0. The number of benzene rings is 2. The number of hydrogen-bond donors (Lipinski definition) is 2. The van der Waals surface area contributed by atoms with Gasteiger partial charge in [-0.25, -0.2) is 0 Å². The second kappa shape index (κ2) is 6.31. The maximum absolute atomic E-state index is 3.48.